The maximum Gasteiger partial charge on any atom is 0.412 e. The van der Waals surface area contributed by atoms with E-state index < -0.39 is 6.09 Å². The van der Waals surface area contributed by atoms with Crippen LogP contribution in [0.4, 0.5) is 4.79 Å². The highest BCUT2D eigenvalue weighted by Crippen LogP contribution is 2.07. The number of rotatable bonds is 7. The summed E-state index contributed by atoms with van der Waals surface area (Å²) in [5, 5.41) is 2.69. The van der Waals surface area contributed by atoms with Crippen LogP contribution in [0.5, 0.6) is 5.75 Å². The highest BCUT2D eigenvalue weighted by atomic mass is 16.6. The molecule has 0 aromatic heterocycles. The predicted octanol–water partition coefficient (Wildman–Crippen LogP) is 1.35. The monoisotopic (exact) mass is 252 g/mol. The summed E-state index contributed by atoms with van der Waals surface area (Å²) < 4.78 is 10.0. The Bertz CT molecular complexity index is 343. The molecule has 0 radical (unpaired) electrons. The van der Waals surface area contributed by atoms with Crippen LogP contribution >= 0.6 is 0 Å². The van der Waals surface area contributed by atoms with E-state index in [4.69, 9.17) is 9.47 Å². The first-order valence-electron chi connectivity index (χ1n) is 5.90. The summed E-state index contributed by atoms with van der Waals surface area (Å²) in [6.07, 6.45) is -0.429. The molecule has 0 spiro atoms. The Balaban J connectivity index is 2.14. The molecule has 5 heteroatoms. The van der Waals surface area contributed by atoms with Crippen LogP contribution in [0.2, 0.25) is 0 Å². The van der Waals surface area contributed by atoms with Crippen LogP contribution in [0.15, 0.2) is 30.3 Å². The van der Waals surface area contributed by atoms with Crippen molar-refractivity contribution in [3.8, 4) is 5.75 Å². The normalized spacial score (nSPS) is 10.4. The molecule has 1 rings (SSSR count). The lowest BCUT2D eigenvalue weighted by Crippen LogP contribution is -2.35. The van der Waals surface area contributed by atoms with E-state index in [-0.39, 0.29) is 0 Å². The zero-order valence-corrected chi connectivity index (χ0v) is 10.9. The van der Waals surface area contributed by atoms with Crippen molar-refractivity contribution in [1.82, 2.24) is 10.2 Å². The number of benzene rings is 1. The van der Waals surface area contributed by atoms with Crippen molar-refractivity contribution in [2.24, 2.45) is 0 Å². The Hall–Kier alpha value is -1.59. The van der Waals surface area contributed by atoms with Crippen molar-refractivity contribution in [3.05, 3.63) is 30.3 Å². The minimum atomic E-state index is -0.429. The van der Waals surface area contributed by atoms with E-state index in [0.29, 0.717) is 18.9 Å². The van der Waals surface area contributed by atoms with Crippen LogP contribution in [0.25, 0.3) is 0 Å². The van der Waals surface area contributed by atoms with Gasteiger partial charge in [0, 0.05) is 26.7 Å². The highest BCUT2D eigenvalue weighted by molar-refractivity contribution is 5.70. The molecule has 0 bridgehead atoms. The maximum absolute atomic E-state index is 11.4. The van der Waals surface area contributed by atoms with Crippen molar-refractivity contribution in [2.75, 3.05) is 40.4 Å². The fourth-order valence-electron chi connectivity index (χ4n) is 1.34. The molecule has 0 unspecified atom stereocenters. The zero-order valence-electron chi connectivity index (χ0n) is 10.9. The SMILES string of the molecule is COCCN(C)CCNC(=O)Oc1ccccc1. The summed E-state index contributed by atoms with van der Waals surface area (Å²) in [4.78, 5) is 13.5. The molecule has 0 fully saturated rings. The van der Waals surface area contributed by atoms with Crippen molar-refractivity contribution in [2.45, 2.75) is 0 Å². The number of likely N-dealkylation sites (N-methyl/N-ethyl adjacent to an activating group) is 1. The van der Waals surface area contributed by atoms with E-state index in [1.165, 1.54) is 0 Å². The Morgan fingerprint density at radius 1 is 1.28 bits per heavy atom. The topological polar surface area (TPSA) is 50.8 Å². The Kier molecular flexibility index (Phi) is 6.83. The van der Waals surface area contributed by atoms with Gasteiger partial charge >= 0.3 is 6.09 Å². The van der Waals surface area contributed by atoms with Crippen LogP contribution in [0.3, 0.4) is 0 Å². The molecule has 0 aliphatic heterocycles. The van der Waals surface area contributed by atoms with Gasteiger partial charge in [0.25, 0.3) is 0 Å². The maximum atomic E-state index is 11.4. The summed E-state index contributed by atoms with van der Waals surface area (Å²) in [6.45, 7) is 2.83. The van der Waals surface area contributed by atoms with Crippen LogP contribution in [0, 0.1) is 0 Å². The molecule has 0 aliphatic carbocycles. The molecular weight excluding hydrogens is 232 g/mol. The van der Waals surface area contributed by atoms with Crippen molar-refractivity contribution in [1.29, 1.82) is 0 Å². The first-order valence-corrected chi connectivity index (χ1v) is 5.90. The number of methoxy groups -OCH3 is 1. The lowest BCUT2D eigenvalue weighted by Gasteiger charge is -2.15. The second-order valence-electron chi connectivity index (χ2n) is 3.93. The number of carbonyl (C=O) groups excluding carboxylic acids is 1. The molecule has 1 amide bonds. The van der Waals surface area contributed by atoms with E-state index in [1.54, 1.807) is 19.2 Å². The van der Waals surface area contributed by atoms with E-state index in [0.717, 1.165) is 13.1 Å². The first-order chi connectivity index (χ1) is 8.72. The number of nitrogens with zero attached hydrogens (tertiary/aromatic N) is 1. The zero-order chi connectivity index (χ0) is 13.2. The van der Waals surface area contributed by atoms with E-state index in [1.807, 2.05) is 25.2 Å². The molecule has 0 atom stereocenters. The highest BCUT2D eigenvalue weighted by Gasteiger charge is 2.03. The molecular formula is C13H20N2O3. The molecule has 1 N–H and O–H groups in total. The molecule has 100 valence electrons. The summed E-state index contributed by atoms with van der Waals surface area (Å²) in [6, 6.07) is 8.99. The van der Waals surface area contributed by atoms with Crippen LogP contribution in [-0.2, 0) is 4.74 Å². The summed E-state index contributed by atoms with van der Waals surface area (Å²) in [7, 11) is 3.65. The molecule has 0 saturated carbocycles. The minimum Gasteiger partial charge on any atom is -0.410 e. The average Bonchev–Trinajstić information content (AvgIpc) is 2.37. The van der Waals surface area contributed by atoms with Crippen LogP contribution in [-0.4, -0.2) is 51.4 Å². The number of hydrogen-bond donors (Lipinski definition) is 1. The quantitative estimate of drug-likeness (QED) is 0.796. The number of nitrogens with one attached hydrogen (secondary N) is 1. The van der Waals surface area contributed by atoms with Crippen molar-refractivity contribution >= 4 is 6.09 Å². The van der Waals surface area contributed by atoms with Crippen LogP contribution in [0.1, 0.15) is 0 Å². The molecule has 0 aliphatic rings. The number of ether oxygens (including phenoxy) is 2. The second-order valence-corrected chi connectivity index (χ2v) is 3.93. The van der Waals surface area contributed by atoms with Gasteiger partial charge in [-0.15, -0.1) is 0 Å². The third-order valence-electron chi connectivity index (χ3n) is 2.39. The van der Waals surface area contributed by atoms with Gasteiger partial charge in [0.1, 0.15) is 5.75 Å². The van der Waals surface area contributed by atoms with Crippen LogP contribution < -0.4 is 10.1 Å². The summed E-state index contributed by atoms with van der Waals surface area (Å²) in [5.74, 6) is 0.544. The molecule has 0 heterocycles. The number of amides is 1. The smallest absolute Gasteiger partial charge is 0.410 e. The third kappa shape index (κ3) is 6.22. The van der Waals surface area contributed by atoms with Gasteiger partial charge in [-0.05, 0) is 19.2 Å². The Labute approximate surface area is 108 Å². The lowest BCUT2D eigenvalue weighted by atomic mass is 10.3. The first kappa shape index (κ1) is 14.5. The van der Waals surface area contributed by atoms with Gasteiger partial charge in [-0.3, -0.25) is 0 Å². The van der Waals surface area contributed by atoms with Crippen molar-refractivity contribution in [3.63, 3.8) is 0 Å². The van der Waals surface area contributed by atoms with Crippen molar-refractivity contribution < 1.29 is 14.3 Å². The summed E-state index contributed by atoms with van der Waals surface area (Å²) >= 11 is 0. The van der Waals surface area contributed by atoms with E-state index >= 15 is 0 Å². The van der Waals surface area contributed by atoms with E-state index in [9.17, 15) is 4.79 Å². The summed E-state index contributed by atoms with van der Waals surface area (Å²) in [5.41, 5.74) is 0. The predicted molar refractivity (Wildman–Crippen MR) is 69.8 cm³/mol. The molecule has 1 aromatic rings. The number of hydrogen-bond acceptors (Lipinski definition) is 4. The van der Waals surface area contributed by atoms with Gasteiger partial charge in [-0.2, -0.15) is 0 Å². The lowest BCUT2D eigenvalue weighted by molar-refractivity contribution is 0.160. The largest absolute Gasteiger partial charge is 0.412 e. The fraction of sp³-hybridized carbons (Fsp3) is 0.462. The van der Waals surface area contributed by atoms with Gasteiger partial charge in [-0.25, -0.2) is 4.79 Å². The average molecular weight is 252 g/mol. The van der Waals surface area contributed by atoms with Gasteiger partial charge < -0.3 is 19.7 Å². The third-order valence-corrected chi connectivity index (χ3v) is 2.39. The van der Waals surface area contributed by atoms with E-state index in [2.05, 4.69) is 10.2 Å². The second kappa shape index (κ2) is 8.49. The van der Waals surface area contributed by atoms with Gasteiger partial charge in [0.15, 0.2) is 0 Å². The van der Waals surface area contributed by atoms with Gasteiger partial charge in [0.05, 0.1) is 6.61 Å². The minimum absolute atomic E-state index is 0.429. The molecule has 5 nitrogen and oxygen atoms in total. The molecule has 18 heavy (non-hydrogen) atoms. The fourth-order valence-corrected chi connectivity index (χ4v) is 1.34. The molecule has 0 saturated heterocycles. The number of carbonyl (C=O) groups is 1. The Morgan fingerprint density at radius 2 is 2.00 bits per heavy atom. The Morgan fingerprint density at radius 3 is 2.67 bits per heavy atom. The van der Waals surface area contributed by atoms with Gasteiger partial charge in [0.2, 0.25) is 0 Å². The van der Waals surface area contributed by atoms with Gasteiger partial charge in [-0.1, -0.05) is 18.2 Å². The number of para-hydroxylation sites is 1. The molecule has 1 aromatic carbocycles. The standard InChI is InChI=1S/C13H20N2O3/c1-15(10-11-17-2)9-8-14-13(16)18-12-6-4-3-5-7-12/h3-7H,8-11H2,1-2H3,(H,14,16).